The average molecular weight is 267 g/mol. The summed E-state index contributed by atoms with van der Waals surface area (Å²) in [6.07, 6.45) is 0.980. The molecule has 4 nitrogen and oxygen atoms in total. The lowest BCUT2D eigenvalue weighted by molar-refractivity contribution is -0.116. The lowest BCUT2D eigenvalue weighted by Crippen LogP contribution is -2.26. The topological polar surface area (TPSA) is 58.4 Å². The first-order chi connectivity index (χ1) is 8.95. The molecule has 0 heterocycles. The van der Waals surface area contributed by atoms with E-state index >= 15 is 0 Å². The fraction of sp³-hybridized carbons (Fsp3) is 0.500. The number of rotatable bonds is 6. The largest absolute Gasteiger partial charge is 0.370 e. The van der Waals surface area contributed by atoms with Gasteiger partial charge in [-0.1, -0.05) is 0 Å². The molecule has 1 amide bonds. The van der Waals surface area contributed by atoms with Gasteiger partial charge in [0.1, 0.15) is 5.82 Å². The van der Waals surface area contributed by atoms with Gasteiger partial charge in [-0.3, -0.25) is 4.79 Å². The molecule has 0 bridgehead atoms. The zero-order valence-electron chi connectivity index (χ0n) is 11.7. The van der Waals surface area contributed by atoms with Crippen molar-refractivity contribution in [2.45, 2.75) is 32.7 Å². The molecule has 106 valence electrons. The monoisotopic (exact) mass is 267 g/mol. The number of nitrogens with two attached hydrogens (primary N) is 1. The zero-order chi connectivity index (χ0) is 14.4. The predicted molar refractivity (Wildman–Crippen MR) is 76.9 cm³/mol. The van der Waals surface area contributed by atoms with Gasteiger partial charge in [-0.25, -0.2) is 4.39 Å². The molecule has 1 rings (SSSR count). The summed E-state index contributed by atoms with van der Waals surface area (Å²) in [6.45, 7) is 4.45. The highest BCUT2D eigenvalue weighted by molar-refractivity contribution is 5.90. The minimum absolute atomic E-state index is 0.144. The van der Waals surface area contributed by atoms with E-state index in [9.17, 15) is 9.18 Å². The molecule has 0 unspecified atom stereocenters. The van der Waals surface area contributed by atoms with Gasteiger partial charge in [0.15, 0.2) is 0 Å². The molecule has 0 aliphatic carbocycles. The number of carbonyl (C=O) groups is 1. The molecule has 0 saturated carbocycles. The van der Waals surface area contributed by atoms with E-state index < -0.39 is 0 Å². The number of nitrogens with one attached hydrogen (secondary N) is 1. The van der Waals surface area contributed by atoms with Crippen molar-refractivity contribution in [2.75, 3.05) is 23.8 Å². The molecular formula is C14H22FN3O. The van der Waals surface area contributed by atoms with Gasteiger partial charge < -0.3 is 16.0 Å². The van der Waals surface area contributed by atoms with Crippen LogP contribution in [0.25, 0.3) is 0 Å². The third kappa shape index (κ3) is 4.52. The first-order valence-electron chi connectivity index (χ1n) is 6.48. The molecule has 0 radical (unpaired) electrons. The Hall–Kier alpha value is -1.62. The normalized spacial score (nSPS) is 10.6. The molecule has 0 spiro atoms. The van der Waals surface area contributed by atoms with E-state index in [1.807, 2.05) is 25.8 Å². The third-order valence-electron chi connectivity index (χ3n) is 2.99. The zero-order valence-corrected chi connectivity index (χ0v) is 11.7. The van der Waals surface area contributed by atoms with Gasteiger partial charge in [0.2, 0.25) is 5.91 Å². The van der Waals surface area contributed by atoms with Crippen LogP contribution in [0.15, 0.2) is 18.2 Å². The second-order valence-corrected chi connectivity index (χ2v) is 4.81. The number of benzene rings is 1. The maximum Gasteiger partial charge on any atom is 0.224 e. The van der Waals surface area contributed by atoms with Crippen LogP contribution in [0.5, 0.6) is 0 Å². The number of amides is 1. The van der Waals surface area contributed by atoms with Crippen molar-refractivity contribution < 1.29 is 9.18 Å². The molecule has 1 aromatic carbocycles. The van der Waals surface area contributed by atoms with Gasteiger partial charge in [-0.2, -0.15) is 0 Å². The maximum atomic E-state index is 14.0. The highest BCUT2D eigenvalue weighted by atomic mass is 19.1. The molecule has 1 aromatic rings. The Kier molecular flexibility index (Phi) is 5.76. The van der Waals surface area contributed by atoms with Gasteiger partial charge in [-0.15, -0.1) is 0 Å². The molecule has 0 atom stereocenters. The Balaban J connectivity index is 2.74. The van der Waals surface area contributed by atoms with Gasteiger partial charge in [0, 0.05) is 25.2 Å². The minimum Gasteiger partial charge on any atom is -0.370 e. The Morgan fingerprint density at radius 2 is 2.16 bits per heavy atom. The number of anilines is 2. The highest BCUT2D eigenvalue weighted by Gasteiger charge is 2.11. The van der Waals surface area contributed by atoms with Crippen LogP contribution in [0.2, 0.25) is 0 Å². The Morgan fingerprint density at radius 3 is 2.68 bits per heavy atom. The second-order valence-electron chi connectivity index (χ2n) is 4.81. The molecule has 0 aliphatic rings. The van der Waals surface area contributed by atoms with E-state index in [2.05, 4.69) is 5.32 Å². The Labute approximate surface area is 113 Å². The van der Waals surface area contributed by atoms with Crippen LogP contribution < -0.4 is 16.0 Å². The molecule has 0 saturated heterocycles. The lowest BCUT2D eigenvalue weighted by atomic mass is 10.2. The van der Waals surface area contributed by atoms with E-state index in [-0.39, 0.29) is 17.8 Å². The number of hydrogen-bond acceptors (Lipinski definition) is 3. The van der Waals surface area contributed by atoms with Gasteiger partial charge in [0.05, 0.1) is 5.69 Å². The van der Waals surface area contributed by atoms with E-state index in [1.165, 1.54) is 6.07 Å². The molecule has 3 N–H and O–H groups in total. The van der Waals surface area contributed by atoms with E-state index in [1.54, 1.807) is 12.1 Å². The number of carbonyl (C=O) groups excluding carboxylic acids is 1. The predicted octanol–water partition coefficient (Wildman–Crippen LogP) is 2.35. The molecule has 0 aromatic heterocycles. The molecule has 19 heavy (non-hydrogen) atoms. The molecule has 0 fully saturated rings. The minimum atomic E-state index is -0.340. The summed E-state index contributed by atoms with van der Waals surface area (Å²) in [5, 5.41) is 2.66. The van der Waals surface area contributed by atoms with E-state index in [0.29, 0.717) is 30.8 Å². The van der Waals surface area contributed by atoms with Crippen molar-refractivity contribution in [1.82, 2.24) is 0 Å². The number of nitrogens with zero attached hydrogens (tertiary/aromatic N) is 1. The quantitative estimate of drug-likeness (QED) is 0.831. The van der Waals surface area contributed by atoms with Crippen molar-refractivity contribution in [1.29, 1.82) is 0 Å². The first kappa shape index (κ1) is 15.4. The van der Waals surface area contributed by atoms with Crippen LogP contribution in [-0.4, -0.2) is 25.5 Å². The van der Waals surface area contributed by atoms with Crippen molar-refractivity contribution in [3.63, 3.8) is 0 Å². The van der Waals surface area contributed by atoms with Gasteiger partial charge >= 0.3 is 0 Å². The van der Waals surface area contributed by atoms with Gasteiger partial charge in [-0.05, 0) is 45.0 Å². The summed E-state index contributed by atoms with van der Waals surface area (Å²) in [5.74, 6) is -0.484. The maximum absolute atomic E-state index is 14.0. The SMILES string of the molecule is CC(C)N(C)c1ccc(NC(=O)CCCN)cc1F. The molecule has 5 heteroatoms. The van der Waals surface area contributed by atoms with Crippen LogP contribution in [0.4, 0.5) is 15.8 Å². The highest BCUT2D eigenvalue weighted by Crippen LogP contribution is 2.23. The van der Waals surface area contributed by atoms with E-state index in [0.717, 1.165) is 0 Å². The van der Waals surface area contributed by atoms with Crippen molar-refractivity contribution in [3.8, 4) is 0 Å². The van der Waals surface area contributed by atoms with Crippen LogP contribution in [-0.2, 0) is 4.79 Å². The van der Waals surface area contributed by atoms with Crippen LogP contribution in [0, 0.1) is 5.82 Å². The van der Waals surface area contributed by atoms with Crippen LogP contribution in [0.3, 0.4) is 0 Å². The fourth-order valence-corrected chi connectivity index (χ4v) is 1.63. The smallest absolute Gasteiger partial charge is 0.224 e. The van der Waals surface area contributed by atoms with Gasteiger partial charge in [0.25, 0.3) is 0 Å². The van der Waals surface area contributed by atoms with Crippen molar-refractivity contribution in [3.05, 3.63) is 24.0 Å². The standard InChI is InChI=1S/C14H22FN3O/c1-10(2)18(3)13-7-6-11(9-12(13)15)17-14(19)5-4-8-16/h6-7,9-10H,4-5,8,16H2,1-3H3,(H,17,19). The second kappa shape index (κ2) is 7.09. The van der Waals surface area contributed by atoms with Crippen LogP contribution in [0.1, 0.15) is 26.7 Å². The summed E-state index contributed by atoms with van der Waals surface area (Å²) >= 11 is 0. The van der Waals surface area contributed by atoms with Crippen LogP contribution >= 0.6 is 0 Å². The fourth-order valence-electron chi connectivity index (χ4n) is 1.63. The summed E-state index contributed by atoms with van der Waals surface area (Å²) < 4.78 is 14.0. The average Bonchev–Trinajstić information content (AvgIpc) is 2.35. The molecular weight excluding hydrogens is 245 g/mol. The van der Waals surface area contributed by atoms with Crippen molar-refractivity contribution in [2.24, 2.45) is 5.73 Å². The lowest BCUT2D eigenvalue weighted by Gasteiger charge is -2.24. The summed E-state index contributed by atoms with van der Waals surface area (Å²) in [5.41, 5.74) is 6.33. The first-order valence-corrected chi connectivity index (χ1v) is 6.48. The van der Waals surface area contributed by atoms with E-state index in [4.69, 9.17) is 5.73 Å². The summed E-state index contributed by atoms with van der Waals surface area (Å²) in [4.78, 5) is 13.4. The Morgan fingerprint density at radius 1 is 1.47 bits per heavy atom. The summed E-state index contributed by atoms with van der Waals surface area (Å²) in [7, 11) is 1.84. The summed E-state index contributed by atoms with van der Waals surface area (Å²) in [6, 6.07) is 4.93. The third-order valence-corrected chi connectivity index (χ3v) is 2.99. The van der Waals surface area contributed by atoms with Crippen molar-refractivity contribution >= 4 is 17.3 Å². The number of halogens is 1. The Bertz CT molecular complexity index is 435. The number of hydrogen-bond donors (Lipinski definition) is 2. The molecule has 0 aliphatic heterocycles.